The lowest BCUT2D eigenvalue weighted by Crippen LogP contribution is -2.27. The van der Waals surface area contributed by atoms with E-state index in [0.717, 1.165) is 23.5 Å². The highest BCUT2D eigenvalue weighted by Crippen LogP contribution is 2.23. The fraction of sp³-hybridized carbons (Fsp3) is 0.444. The number of hydrogen-bond acceptors (Lipinski definition) is 3. The summed E-state index contributed by atoms with van der Waals surface area (Å²) in [6.07, 6.45) is 4.16. The van der Waals surface area contributed by atoms with Crippen LogP contribution in [0.15, 0.2) is 36.7 Å². The minimum absolute atomic E-state index is 0.302. The van der Waals surface area contributed by atoms with Crippen molar-refractivity contribution in [1.29, 1.82) is 0 Å². The van der Waals surface area contributed by atoms with Crippen LogP contribution in [0.3, 0.4) is 0 Å². The summed E-state index contributed by atoms with van der Waals surface area (Å²) in [5, 5.41) is 2.78. The molecule has 1 unspecified atom stereocenters. The van der Waals surface area contributed by atoms with Crippen molar-refractivity contribution >= 4 is 11.8 Å². The first kappa shape index (κ1) is 17.1. The second-order valence-electron chi connectivity index (χ2n) is 6.81. The number of amides is 1. The Bertz CT molecular complexity index is 671. The van der Waals surface area contributed by atoms with E-state index in [0.29, 0.717) is 5.92 Å². The maximum atomic E-state index is 11.9. The Morgan fingerprint density at radius 3 is 2.74 bits per heavy atom. The van der Waals surface area contributed by atoms with Crippen LogP contribution in [0, 0.1) is 0 Å². The number of benzene rings is 1. The van der Waals surface area contributed by atoms with E-state index >= 15 is 0 Å². The standard InChI is InChI=1S/C18H25N3O2/c1-13(11-16-19-9-10-21(16)5)14-7-6-8-15(12-14)20-17(22)23-18(2,3)4/h6-10,12-13H,11H2,1-5H3,(H,20,22). The molecule has 0 fully saturated rings. The van der Waals surface area contributed by atoms with Gasteiger partial charge in [-0.05, 0) is 44.4 Å². The van der Waals surface area contributed by atoms with E-state index in [4.69, 9.17) is 4.74 Å². The van der Waals surface area contributed by atoms with Gasteiger partial charge in [-0.2, -0.15) is 0 Å². The third-order valence-corrected chi connectivity index (χ3v) is 3.51. The number of imidazole rings is 1. The molecule has 0 radical (unpaired) electrons. The van der Waals surface area contributed by atoms with Crippen molar-refractivity contribution in [1.82, 2.24) is 9.55 Å². The van der Waals surface area contributed by atoms with Crippen molar-refractivity contribution in [3.05, 3.63) is 48.0 Å². The van der Waals surface area contributed by atoms with Crippen molar-refractivity contribution < 1.29 is 9.53 Å². The van der Waals surface area contributed by atoms with Gasteiger partial charge in [0.1, 0.15) is 11.4 Å². The Balaban J connectivity index is 2.04. The first-order valence-electron chi connectivity index (χ1n) is 7.81. The van der Waals surface area contributed by atoms with E-state index in [1.54, 1.807) is 0 Å². The van der Waals surface area contributed by atoms with Crippen molar-refractivity contribution in [3.63, 3.8) is 0 Å². The fourth-order valence-electron chi connectivity index (χ4n) is 2.33. The summed E-state index contributed by atoms with van der Waals surface area (Å²) in [6, 6.07) is 7.85. The normalized spacial score (nSPS) is 12.7. The van der Waals surface area contributed by atoms with Crippen LogP contribution >= 0.6 is 0 Å². The predicted molar refractivity (Wildman–Crippen MR) is 91.6 cm³/mol. The molecule has 0 saturated heterocycles. The van der Waals surface area contributed by atoms with Gasteiger partial charge in [0.15, 0.2) is 0 Å². The van der Waals surface area contributed by atoms with Crippen LogP contribution in [0.4, 0.5) is 10.5 Å². The van der Waals surface area contributed by atoms with Crippen LogP contribution in [0.5, 0.6) is 0 Å². The smallest absolute Gasteiger partial charge is 0.412 e. The monoisotopic (exact) mass is 315 g/mol. The Kier molecular flexibility index (Phi) is 5.08. The first-order valence-corrected chi connectivity index (χ1v) is 7.81. The van der Waals surface area contributed by atoms with E-state index < -0.39 is 11.7 Å². The number of aryl methyl sites for hydroxylation is 1. The number of nitrogens with one attached hydrogen (secondary N) is 1. The van der Waals surface area contributed by atoms with Crippen molar-refractivity contribution in [2.75, 3.05) is 5.32 Å². The van der Waals surface area contributed by atoms with Crippen LogP contribution in [0.1, 0.15) is 45.0 Å². The molecule has 0 aliphatic carbocycles. The number of rotatable bonds is 4. The lowest BCUT2D eigenvalue weighted by molar-refractivity contribution is 0.0636. The molecule has 0 aliphatic heterocycles. The van der Waals surface area contributed by atoms with E-state index in [2.05, 4.69) is 23.3 Å². The largest absolute Gasteiger partial charge is 0.444 e. The quantitative estimate of drug-likeness (QED) is 0.923. The summed E-state index contributed by atoms with van der Waals surface area (Å²) >= 11 is 0. The zero-order valence-electron chi connectivity index (χ0n) is 14.5. The molecule has 1 aromatic heterocycles. The molecular weight excluding hydrogens is 290 g/mol. The minimum Gasteiger partial charge on any atom is -0.444 e. The van der Waals surface area contributed by atoms with Crippen molar-refractivity contribution in [3.8, 4) is 0 Å². The number of nitrogens with zero attached hydrogens (tertiary/aromatic N) is 2. The number of carbonyl (C=O) groups excluding carboxylic acids is 1. The maximum absolute atomic E-state index is 11.9. The highest BCUT2D eigenvalue weighted by molar-refractivity contribution is 5.84. The Labute approximate surface area is 137 Å². The summed E-state index contributed by atoms with van der Waals surface area (Å²) in [5.74, 6) is 1.35. The molecule has 0 aliphatic rings. The van der Waals surface area contributed by atoms with Crippen LogP contribution in [-0.2, 0) is 18.2 Å². The molecule has 5 heteroatoms. The van der Waals surface area contributed by atoms with E-state index in [1.165, 1.54) is 0 Å². The molecule has 2 rings (SSSR count). The third kappa shape index (κ3) is 5.13. The predicted octanol–water partition coefficient (Wildman–Crippen LogP) is 4.11. The Hall–Kier alpha value is -2.30. The topological polar surface area (TPSA) is 56.2 Å². The molecule has 5 nitrogen and oxygen atoms in total. The molecule has 1 atom stereocenters. The molecule has 1 heterocycles. The van der Waals surface area contributed by atoms with E-state index in [1.807, 2.05) is 63.0 Å². The van der Waals surface area contributed by atoms with Crippen molar-refractivity contribution in [2.24, 2.45) is 7.05 Å². The third-order valence-electron chi connectivity index (χ3n) is 3.51. The number of anilines is 1. The van der Waals surface area contributed by atoms with E-state index in [-0.39, 0.29) is 0 Å². The van der Waals surface area contributed by atoms with Gasteiger partial charge in [0, 0.05) is 31.5 Å². The number of hydrogen-bond donors (Lipinski definition) is 1. The summed E-state index contributed by atoms with van der Waals surface area (Å²) in [7, 11) is 2.00. The van der Waals surface area contributed by atoms with Gasteiger partial charge < -0.3 is 9.30 Å². The molecule has 1 aromatic carbocycles. The van der Waals surface area contributed by atoms with Crippen LogP contribution in [0.2, 0.25) is 0 Å². The van der Waals surface area contributed by atoms with Crippen LogP contribution in [-0.4, -0.2) is 21.2 Å². The molecule has 2 aromatic rings. The fourth-order valence-corrected chi connectivity index (χ4v) is 2.33. The molecule has 0 spiro atoms. The van der Waals surface area contributed by atoms with Gasteiger partial charge in [-0.1, -0.05) is 19.1 Å². The molecule has 1 amide bonds. The lowest BCUT2D eigenvalue weighted by Gasteiger charge is -2.20. The molecule has 0 bridgehead atoms. The van der Waals surface area contributed by atoms with Gasteiger partial charge in [-0.15, -0.1) is 0 Å². The number of ether oxygens (including phenoxy) is 1. The van der Waals surface area contributed by atoms with Gasteiger partial charge in [0.2, 0.25) is 0 Å². The summed E-state index contributed by atoms with van der Waals surface area (Å²) in [6.45, 7) is 7.69. The summed E-state index contributed by atoms with van der Waals surface area (Å²) in [5.41, 5.74) is 1.39. The Morgan fingerprint density at radius 1 is 1.39 bits per heavy atom. The minimum atomic E-state index is -0.507. The second-order valence-corrected chi connectivity index (χ2v) is 6.81. The number of aromatic nitrogens is 2. The van der Waals surface area contributed by atoms with Gasteiger partial charge in [-0.3, -0.25) is 5.32 Å². The average Bonchev–Trinajstić information content (AvgIpc) is 2.82. The van der Waals surface area contributed by atoms with Gasteiger partial charge >= 0.3 is 6.09 Å². The first-order chi connectivity index (χ1) is 10.7. The average molecular weight is 315 g/mol. The second kappa shape index (κ2) is 6.86. The SMILES string of the molecule is CC(Cc1nccn1C)c1cccc(NC(=O)OC(C)(C)C)c1. The van der Waals surface area contributed by atoms with Gasteiger partial charge in [-0.25, -0.2) is 9.78 Å². The summed E-state index contributed by atoms with van der Waals surface area (Å²) < 4.78 is 7.31. The molecule has 0 saturated carbocycles. The maximum Gasteiger partial charge on any atom is 0.412 e. The summed E-state index contributed by atoms with van der Waals surface area (Å²) in [4.78, 5) is 16.2. The van der Waals surface area contributed by atoms with Crippen LogP contribution in [0.25, 0.3) is 0 Å². The van der Waals surface area contributed by atoms with Gasteiger partial charge in [0.05, 0.1) is 0 Å². The lowest BCUT2D eigenvalue weighted by atomic mass is 9.97. The van der Waals surface area contributed by atoms with Crippen molar-refractivity contribution in [2.45, 2.75) is 45.6 Å². The molecule has 23 heavy (non-hydrogen) atoms. The highest BCUT2D eigenvalue weighted by atomic mass is 16.6. The molecular formula is C18H25N3O2. The highest BCUT2D eigenvalue weighted by Gasteiger charge is 2.16. The van der Waals surface area contributed by atoms with Gasteiger partial charge in [0.25, 0.3) is 0 Å². The zero-order chi connectivity index (χ0) is 17.0. The number of carbonyl (C=O) groups is 1. The molecule has 124 valence electrons. The van der Waals surface area contributed by atoms with Crippen LogP contribution < -0.4 is 5.32 Å². The molecule has 1 N–H and O–H groups in total. The zero-order valence-corrected chi connectivity index (χ0v) is 14.5. The van der Waals surface area contributed by atoms with E-state index in [9.17, 15) is 4.79 Å². The Morgan fingerprint density at radius 2 is 2.13 bits per heavy atom.